The van der Waals surface area contributed by atoms with E-state index in [1.165, 1.54) is 25.3 Å². The molecule has 0 aliphatic rings. The topological polar surface area (TPSA) is 158 Å². The molecule has 0 spiro atoms. The zero-order valence-electron chi connectivity index (χ0n) is 20.4. The van der Waals surface area contributed by atoms with Gasteiger partial charge < -0.3 is 23.3 Å². The van der Waals surface area contributed by atoms with Crippen LogP contribution in [0.3, 0.4) is 0 Å². The molecule has 0 radical (unpaired) electrons. The number of aryl methyl sites for hydroxylation is 1. The first-order valence-electron chi connectivity index (χ1n) is 10.5. The summed E-state index contributed by atoms with van der Waals surface area (Å²) in [5.74, 6) is -4.48. The van der Waals surface area contributed by atoms with Crippen LogP contribution in [0.4, 0.5) is 0 Å². The van der Waals surface area contributed by atoms with E-state index in [-0.39, 0.29) is 17.7 Å². The van der Waals surface area contributed by atoms with Crippen LogP contribution in [-0.2, 0) is 44.0 Å². The van der Waals surface area contributed by atoms with Gasteiger partial charge in [-0.1, -0.05) is 18.2 Å². The van der Waals surface area contributed by atoms with E-state index in [0.717, 1.165) is 32.8 Å². The average Bonchev–Trinajstić information content (AvgIpc) is 2.86. The van der Waals surface area contributed by atoms with Crippen molar-refractivity contribution in [3.8, 4) is 0 Å². The van der Waals surface area contributed by atoms with Crippen LogP contribution in [0, 0.1) is 6.92 Å². The molecule has 0 fully saturated rings. The van der Waals surface area contributed by atoms with Crippen LogP contribution >= 0.6 is 7.60 Å². The van der Waals surface area contributed by atoms with Gasteiger partial charge in [-0.05, 0) is 19.1 Å². The van der Waals surface area contributed by atoms with E-state index < -0.39 is 55.2 Å². The van der Waals surface area contributed by atoms with Crippen molar-refractivity contribution in [3.05, 3.63) is 68.5 Å². The summed E-state index contributed by atoms with van der Waals surface area (Å²) in [6.07, 6.45) is -0.0187. The first-order valence-corrected chi connectivity index (χ1v) is 12.1. The van der Waals surface area contributed by atoms with Crippen molar-refractivity contribution in [2.45, 2.75) is 32.3 Å². The summed E-state index contributed by atoms with van der Waals surface area (Å²) >= 11 is 0. The maximum absolute atomic E-state index is 13.1. The number of carbonyl (C=O) groups is 3. The second-order valence-electron chi connectivity index (χ2n) is 7.40. The maximum Gasteiger partial charge on any atom is 0.370 e. The highest BCUT2D eigenvalue weighted by molar-refractivity contribution is 7.55. The second-order valence-corrected chi connectivity index (χ2v) is 9.68. The molecule has 13 nitrogen and oxygen atoms in total. The van der Waals surface area contributed by atoms with Crippen molar-refractivity contribution in [1.29, 1.82) is 0 Å². The number of carbonyl (C=O) groups excluding carboxylic acids is 3. The highest BCUT2D eigenvalue weighted by Gasteiger charge is 2.43. The van der Waals surface area contributed by atoms with Crippen molar-refractivity contribution in [3.63, 3.8) is 0 Å². The molecule has 2 atom stereocenters. The Kier molecular flexibility index (Phi) is 10.1. The van der Waals surface area contributed by atoms with Gasteiger partial charge in [0.1, 0.15) is 6.10 Å². The molecule has 0 amide bonds. The largest absolute Gasteiger partial charge is 0.467 e. The van der Waals surface area contributed by atoms with Crippen LogP contribution in [0.15, 0.2) is 46.1 Å². The zero-order valence-corrected chi connectivity index (χ0v) is 21.3. The fraction of sp³-hybridized carbons (Fsp3) is 0.409. The van der Waals surface area contributed by atoms with Gasteiger partial charge in [-0.25, -0.2) is 9.59 Å². The molecule has 2 rings (SSSR count). The molecule has 1 heterocycles. The van der Waals surface area contributed by atoms with Crippen LogP contribution < -0.4 is 11.2 Å². The van der Waals surface area contributed by atoms with E-state index in [1.807, 2.05) is 0 Å². The predicted molar refractivity (Wildman–Crippen MR) is 125 cm³/mol. The Morgan fingerprint density at radius 2 is 1.64 bits per heavy atom. The van der Waals surface area contributed by atoms with Gasteiger partial charge in [-0.2, -0.15) is 4.57 Å². The standard InChI is InChI=1S/C22H27N2O11P/c1-14-11-23(22(29)24(18(14)26)19(27)16-9-7-6-8-10-16)12-17(35-15(2)25)13-34-21(20(28)31-3)36(30,32-4)33-5/h6-11,17,21H,12-13H2,1-5H3. The molecule has 2 unspecified atom stereocenters. The van der Waals surface area contributed by atoms with Crippen molar-refractivity contribution >= 4 is 25.4 Å². The van der Waals surface area contributed by atoms with Gasteiger partial charge >= 0.3 is 25.2 Å². The Balaban J connectivity index is 2.43. The van der Waals surface area contributed by atoms with E-state index >= 15 is 0 Å². The summed E-state index contributed by atoms with van der Waals surface area (Å²) in [5, 5.41) is 0. The molecule has 0 N–H and O–H groups in total. The van der Waals surface area contributed by atoms with E-state index in [4.69, 9.17) is 18.5 Å². The third-order valence-corrected chi connectivity index (χ3v) is 6.87. The van der Waals surface area contributed by atoms with Crippen molar-refractivity contribution in [1.82, 2.24) is 9.13 Å². The van der Waals surface area contributed by atoms with Crippen LogP contribution in [0.2, 0.25) is 0 Å². The lowest BCUT2D eigenvalue weighted by atomic mass is 10.2. The summed E-state index contributed by atoms with van der Waals surface area (Å²) < 4.78 is 39.0. The normalized spacial score (nSPS) is 13.0. The molecular weight excluding hydrogens is 499 g/mol. The maximum atomic E-state index is 13.1. The molecule has 14 heteroatoms. The minimum Gasteiger partial charge on any atom is -0.467 e. The number of hydrogen-bond acceptors (Lipinski definition) is 11. The highest BCUT2D eigenvalue weighted by Crippen LogP contribution is 2.52. The third-order valence-electron chi connectivity index (χ3n) is 4.92. The highest BCUT2D eigenvalue weighted by atomic mass is 31.2. The third kappa shape index (κ3) is 6.64. The number of esters is 2. The molecule has 196 valence electrons. The quantitative estimate of drug-likeness (QED) is 0.303. The summed E-state index contributed by atoms with van der Waals surface area (Å²) in [6.45, 7) is 1.59. The van der Waals surface area contributed by atoms with Gasteiger partial charge in [-0.3, -0.25) is 23.5 Å². The minimum absolute atomic E-state index is 0.0667. The molecule has 2 aromatic rings. The lowest BCUT2D eigenvalue weighted by Gasteiger charge is -2.25. The molecule has 36 heavy (non-hydrogen) atoms. The number of hydrogen-bond donors (Lipinski definition) is 0. The van der Waals surface area contributed by atoms with Crippen LogP contribution in [-0.4, -0.2) is 66.9 Å². The summed E-state index contributed by atoms with van der Waals surface area (Å²) in [7, 11) is -0.988. The fourth-order valence-electron chi connectivity index (χ4n) is 3.19. The molecule has 0 saturated heterocycles. The molecule has 0 bridgehead atoms. The minimum atomic E-state index is -4.11. The summed E-state index contributed by atoms with van der Waals surface area (Å²) in [4.78, 5) is 62.4. The average molecular weight is 526 g/mol. The van der Waals surface area contributed by atoms with E-state index in [2.05, 4.69) is 4.74 Å². The number of nitrogens with zero attached hydrogens (tertiary/aromatic N) is 2. The van der Waals surface area contributed by atoms with Crippen LogP contribution in [0.1, 0.15) is 22.8 Å². The molecule has 0 aliphatic heterocycles. The van der Waals surface area contributed by atoms with Crippen molar-refractivity contribution in [2.75, 3.05) is 27.9 Å². The Morgan fingerprint density at radius 1 is 1.03 bits per heavy atom. The Labute approximate surface area is 206 Å². The lowest BCUT2D eigenvalue weighted by molar-refractivity contribution is -0.156. The summed E-state index contributed by atoms with van der Waals surface area (Å²) in [5.41, 5.74) is -1.61. The smallest absolute Gasteiger partial charge is 0.370 e. The molecule has 0 aliphatic carbocycles. The number of methoxy groups -OCH3 is 1. The molecule has 0 saturated carbocycles. The monoisotopic (exact) mass is 526 g/mol. The van der Waals surface area contributed by atoms with E-state index in [9.17, 15) is 28.5 Å². The van der Waals surface area contributed by atoms with Gasteiger partial charge in [0, 0.05) is 38.5 Å². The van der Waals surface area contributed by atoms with Crippen LogP contribution in [0.5, 0.6) is 0 Å². The number of ether oxygens (including phenoxy) is 3. The summed E-state index contributed by atoms with van der Waals surface area (Å²) in [6, 6.07) is 7.74. The van der Waals surface area contributed by atoms with Gasteiger partial charge in [0.25, 0.3) is 17.3 Å². The van der Waals surface area contributed by atoms with E-state index in [0.29, 0.717) is 4.57 Å². The predicted octanol–water partition coefficient (Wildman–Crippen LogP) is 0.940. The SMILES string of the molecule is COC(=O)C(OCC(Cn1cc(C)c(=O)n(C(=O)c2ccccc2)c1=O)OC(C)=O)P(=O)(OC)OC. The van der Waals surface area contributed by atoms with Crippen molar-refractivity contribution in [2.24, 2.45) is 0 Å². The van der Waals surface area contributed by atoms with Gasteiger partial charge in [-0.15, -0.1) is 0 Å². The molecular formula is C22H27N2O11P. The Bertz CT molecular complexity index is 1260. The fourth-order valence-corrected chi connectivity index (χ4v) is 4.35. The molecule has 1 aromatic carbocycles. The molecule has 1 aromatic heterocycles. The van der Waals surface area contributed by atoms with Gasteiger partial charge in [0.2, 0.25) is 0 Å². The zero-order chi connectivity index (χ0) is 27.0. The Hall–Kier alpha value is -3.38. The number of benzene rings is 1. The van der Waals surface area contributed by atoms with Crippen LogP contribution in [0.25, 0.3) is 0 Å². The van der Waals surface area contributed by atoms with Gasteiger partial charge in [0.05, 0.1) is 20.3 Å². The van der Waals surface area contributed by atoms with E-state index in [1.54, 1.807) is 18.2 Å². The number of aromatic nitrogens is 2. The first kappa shape index (κ1) is 28.9. The lowest BCUT2D eigenvalue weighted by Crippen LogP contribution is -2.46. The van der Waals surface area contributed by atoms with Gasteiger partial charge in [0.15, 0.2) is 0 Å². The first-order chi connectivity index (χ1) is 17.0. The Morgan fingerprint density at radius 3 is 2.17 bits per heavy atom. The number of rotatable bonds is 11. The van der Waals surface area contributed by atoms with Crippen molar-refractivity contribution < 1.29 is 42.2 Å². The second kappa shape index (κ2) is 12.5.